The molecular weight excluding hydrogens is 256 g/mol. The fourth-order valence-electron chi connectivity index (χ4n) is 2.09. The maximum atomic E-state index is 10.9. The van der Waals surface area contributed by atoms with Crippen molar-refractivity contribution in [3.8, 4) is 22.6 Å². The lowest BCUT2D eigenvalue weighted by Crippen LogP contribution is -1.96. The molecule has 0 aliphatic carbocycles. The van der Waals surface area contributed by atoms with Crippen molar-refractivity contribution in [3.05, 3.63) is 47.5 Å². The second-order valence-electron chi connectivity index (χ2n) is 4.45. The van der Waals surface area contributed by atoms with E-state index in [9.17, 15) is 9.90 Å². The number of phenols is 1. The zero-order chi connectivity index (χ0) is 14.7. The average Bonchev–Trinajstić information content (AvgIpc) is 2.40. The molecule has 0 aromatic heterocycles. The summed E-state index contributed by atoms with van der Waals surface area (Å²) in [5.41, 5.74) is 2.47. The summed E-state index contributed by atoms with van der Waals surface area (Å²) < 4.78 is 5.42. The van der Waals surface area contributed by atoms with Crippen LogP contribution in [0.1, 0.15) is 22.8 Å². The van der Waals surface area contributed by atoms with Crippen LogP contribution in [0.3, 0.4) is 0 Å². The highest BCUT2D eigenvalue weighted by Gasteiger charge is 2.11. The van der Waals surface area contributed by atoms with Gasteiger partial charge in [-0.15, -0.1) is 0 Å². The van der Waals surface area contributed by atoms with Gasteiger partial charge < -0.3 is 14.9 Å². The molecule has 0 saturated carbocycles. The summed E-state index contributed by atoms with van der Waals surface area (Å²) in [4.78, 5) is 10.9. The Hall–Kier alpha value is -2.49. The molecule has 0 radical (unpaired) electrons. The van der Waals surface area contributed by atoms with Gasteiger partial charge in [0.15, 0.2) is 0 Å². The van der Waals surface area contributed by atoms with Crippen LogP contribution in [0.2, 0.25) is 0 Å². The normalized spacial score (nSPS) is 10.3. The van der Waals surface area contributed by atoms with Crippen molar-refractivity contribution in [1.82, 2.24) is 0 Å². The van der Waals surface area contributed by atoms with Crippen LogP contribution in [-0.2, 0) is 0 Å². The number of carbonyl (C=O) groups is 1. The van der Waals surface area contributed by atoms with E-state index < -0.39 is 5.97 Å². The number of aromatic carboxylic acids is 1. The summed E-state index contributed by atoms with van der Waals surface area (Å²) in [6.45, 7) is 4.43. The molecular formula is C16H16O4. The van der Waals surface area contributed by atoms with Crippen LogP contribution in [0.5, 0.6) is 11.5 Å². The summed E-state index contributed by atoms with van der Waals surface area (Å²) in [7, 11) is 0. The molecule has 0 unspecified atom stereocenters. The number of phenolic OH excluding ortho intramolecular Hbond substituents is 1. The van der Waals surface area contributed by atoms with Gasteiger partial charge in [-0.2, -0.15) is 0 Å². The van der Waals surface area contributed by atoms with Crippen molar-refractivity contribution in [2.75, 3.05) is 6.61 Å². The standard InChI is InChI=1S/C16H16O4/c1-3-20-12-5-7-13(10(2)8-12)14-6-4-11(16(18)19)9-15(14)17/h4-9,17H,3H2,1-2H3,(H,18,19). The lowest BCUT2D eigenvalue weighted by Gasteiger charge is -2.11. The first-order valence-electron chi connectivity index (χ1n) is 6.33. The van der Waals surface area contributed by atoms with E-state index in [-0.39, 0.29) is 11.3 Å². The van der Waals surface area contributed by atoms with Gasteiger partial charge in [0, 0.05) is 5.56 Å². The molecule has 104 valence electrons. The average molecular weight is 272 g/mol. The van der Waals surface area contributed by atoms with Crippen molar-refractivity contribution >= 4 is 5.97 Å². The Morgan fingerprint density at radius 3 is 2.40 bits per heavy atom. The van der Waals surface area contributed by atoms with E-state index in [4.69, 9.17) is 9.84 Å². The van der Waals surface area contributed by atoms with E-state index >= 15 is 0 Å². The molecule has 0 aliphatic heterocycles. The molecule has 0 aliphatic rings. The van der Waals surface area contributed by atoms with Crippen molar-refractivity contribution < 1.29 is 19.7 Å². The third kappa shape index (κ3) is 2.74. The van der Waals surface area contributed by atoms with Gasteiger partial charge in [0.05, 0.1) is 12.2 Å². The zero-order valence-electron chi connectivity index (χ0n) is 11.4. The Balaban J connectivity index is 2.44. The quantitative estimate of drug-likeness (QED) is 0.894. The van der Waals surface area contributed by atoms with E-state index in [1.807, 2.05) is 32.0 Å². The largest absolute Gasteiger partial charge is 0.507 e. The number of rotatable bonds is 4. The van der Waals surface area contributed by atoms with Gasteiger partial charge in [-0.05, 0) is 55.3 Å². The Morgan fingerprint density at radius 2 is 1.85 bits per heavy atom. The van der Waals surface area contributed by atoms with Crippen LogP contribution in [0, 0.1) is 6.92 Å². The van der Waals surface area contributed by atoms with E-state index in [2.05, 4.69) is 0 Å². The molecule has 20 heavy (non-hydrogen) atoms. The molecule has 0 fully saturated rings. The third-order valence-electron chi connectivity index (χ3n) is 3.04. The smallest absolute Gasteiger partial charge is 0.335 e. The minimum absolute atomic E-state index is 0.0443. The summed E-state index contributed by atoms with van der Waals surface area (Å²) in [6.07, 6.45) is 0. The molecule has 0 atom stereocenters. The number of aromatic hydroxyl groups is 1. The van der Waals surface area contributed by atoms with Crippen molar-refractivity contribution in [2.45, 2.75) is 13.8 Å². The molecule has 0 saturated heterocycles. The topological polar surface area (TPSA) is 66.8 Å². The number of carboxylic acids is 1. The highest BCUT2D eigenvalue weighted by Crippen LogP contribution is 2.33. The number of aryl methyl sites for hydroxylation is 1. The summed E-state index contributed by atoms with van der Waals surface area (Å²) >= 11 is 0. The Bertz CT molecular complexity index is 647. The van der Waals surface area contributed by atoms with E-state index in [0.29, 0.717) is 12.2 Å². The first-order valence-corrected chi connectivity index (χ1v) is 6.33. The Morgan fingerprint density at radius 1 is 1.15 bits per heavy atom. The fourth-order valence-corrected chi connectivity index (χ4v) is 2.09. The van der Waals surface area contributed by atoms with Crippen LogP contribution in [-0.4, -0.2) is 22.8 Å². The van der Waals surface area contributed by atoms with Gasteiger partial charge in [-0.25, -0.2) is 4.79 Å². The van der Waals surface area contributed by atoms with E-state index in [1.165, 1.54) is 12.1 Å². The summed E-state index contributed by atoms with van der Waals surface area (Å²) in [6, 6.07) is 9.93. The first-order chi connectivity index (χ1) is 9.52. The fraction of sp³-hybridized carbons (Fsp3) is 0.188. The van der Waals surface area contributed by atoms with Crippen molar-refractivity contribution in [3.63, 3.8) is 0 Å². The van der Waals surface area contributed by atoms with Gasteiger partial charge in [0.2, 0.25) is 0 Å². The van der Waals surface area contributed by atoms with E-state index in [0.717, 1.165) is 16.9 Å². The van der Waals surface area contributed by atoms with Gasteiger partial charge in [-0.3, -0.25) is 0 Å². The van der Waals surface area contributed by atoms with Crippen LogP contribution in [0.4, 0.5) is 0 Å². The number of carboxylic acid groups (broad SMARTS) is 1. The second kappa shape index (κ2) is 5.65. The maximum absolute atomic E-state index is 10.9. The molecule has 0 spiro atoms. The summed E-state index contributed by atoms with van der Waals surface area (Å²) in [5.74, 6) is -0.331. The molecule has 2 rings (SSSR count). The molecule has 0 bridgehead atoms. The number of hydrogen-bond donors (Lipinski definition) is 2. The van der Waals surface area contributed by atoms with Crippen LogP contribution >= 0.6 is 0 Å². The number of hydrogen-bond acceptors (Lipinski definition) is 3. The minimum Gasteiger partial charge on any atom is -0.507 e. The van der Waals surface area contributed by atoms with Crippen LogP contribution in [0.15, 0.2) is 36.4 Å². The Kier molecular flexibility index (Phi) is 3.94. The van der Waals surface area contributed by atoms with Crippen molar-refractivity contribution in [1.29, 1.82) is 0 Å². The highest BCUT2D eigenvalue weighted by atomic mass is 16.5. The lowest BCUT2D eigenvalue weighted by atomic mass is 9.98. The molecule has 2 aromatic carbocycles. The van der Waals surface area contributed by atoms with Gasteiger partial charge in [0.1, 0.15) is 11.5 Å². The predicted molar refractivity (Wildman–Crippen MR) is 76.4 cm³/mol. The van der Waals surface area contributed by atoms with Crippen LogP contribution < -0.4 is 4.74 Å². The second-order valence-corrected chi connectivity index (χ2v) is 4.45. The first kappa shape index (κ1) is 13.9. The zero-order valence-corrected chi connectivity index (χ0v) is 11.4. The molecule has 0 amide bonds. The monoisotopic (exact) mass is 272 g/mol. The summed E-state index contributed by atoms with van der Waals surface area (Å²) in [5, 5.41) is 18.9. The minimum atomic E-state index is -1.06. The van der Waals surface area contributed by atoms with E-state index in [1.54, 1.807) is 6.07 Å². The van der Waals surface area contributed by atoms with Gasteiger partial charge in [0.25, 0.3) is 0 Å². The Labute approximate surface area is 117 Å². The van der Waals surface area contributed by atoms with Gasteiger partial charge in [-0.1, -0.05) is 6.07 Å². The molecule has 4 nitrogen and oxygen atoms in total. The molecule has 2 N–H and O–H groups in total. The predicted octanol–water partition coefficient (Wildman–Crippen LogP) is 3.46. The molecule has 0 heterocycles. The SMILES string of the molecule is CCOc1ccc(-c2ccc(C(=O)O)cc2O)c(C)c1. The number of ether oxygens (including phenoxy) is 1. The maximum Gasteiger partial charge on any atom is 0.335 e. The lowest BCUT2D eigenvalue weighted by molar-refractivity contribution is 0.0696. The highest BCUT2D eigenvalue weighted by molar-refractivity contribution is 5.89. The van der Waals surface area contributed by atoms with Crippen molar-refractivity contribution in [2.24, 2.45) is 0 Å². The van der Waals surface area contributed by atoms with Gasteiger partial charge >= 0.3 is 5.97 Å². The number of benzene rings is 2. The third-order valence-corrected chi connectivity index (χ3v) is 3.04. The molecule has 4 heteroatoms. The molecule has 2 aromatic rings. The van der Waals surface area contributed by atoms with Crippen LogP contribution in [0.25, 0.3) is 11.1 Å².